The van der Waals surface area contributed by atoms with Gasteiger partial charge in [0.1, 0.15) is 11.5 Å². The molecule has 33 heavy (non-hydrogen) atoms. The topological polar surface area (TPSA) is 91.5 Å². The minimum Gasteiger partial charge on any atom is -0.459 e. The molecule has 0 atom stereocenters. The number of benzene rings is 1. The van der Waals surface area contributed by atoms with Crippen molar-refractivity contribution in [2.45, 2.75) is 59.6 Å². The second kappa shape index (κ2) is 10.6. The zero-order valence-corrected chi connectivity index (χ0v) is 19.7. The number of hydrogen-bond donors (Lipinski definition) is 2. The zero-order chi connectivity index (χ0) is 24.1. The SMILES string of the molecule is Cc1[nH]c(C(=O)N2CCC(CC(=O)NCc3ccccc3F)CC2)c(C)c1C(=O)OC(C)C. The van der Waals surface area contributed by atoms with E-state index in [4.69, 9.17) is 4.74 Å². The maximum Gasteiger partial charge on any atom is 0.340 e. The molecule has 1 aromatic heterocycles. The molecule has 7 nitrogen and oxygen atoms in total. The van der Waals surface area contributed by atoms with Crippen molar-refractivity contribution in [2.75, 3.05) is 13.1 Å². The van der Waals surface area contributed by atoms with Crippen LogP contribution in [0.1, 0.15) is 70.8 Å². The van der Waals surface area contributed by atoms with E-state index in [0.717, 1.165) is 0 Å². The van der Waals surface area contributed by atoms with Crippen LogP contribution in [0.4, 0.5) is 4.39 Å². The van der Waals surface area contributed by atoms with Crippen molar-refractivity contribution in [3.8, 4) is 0 Å². The standard InChI is InChI=1S/C25H32FN3O4/c1-15(2)33-25(32)22-16(3)23(28-17(22)4)24(31)29-11-9-18(10-12-29)13-21(30)27-14-19-7-5-6-8-20(19)26/h5-8,15,18,28H,9-14H2,1-4H3,(H,27,30). The Hall–Kier alpha value is -3.16. The molecule has 0 radical (unpaired) electrons. The summed E-state index contributed by atoms with van der Waals surface area (Å²) in [6, 6.07) is 6.38. The van der Waals surface area contributed by atoms with E-state index >= 15 is 0 Å². The van der Waals surface area contributed by atoms with Crippen LogP contribution in [0, 0.1) is 25.6 Å². The molecule has 1 saturated heterocycles. The molecule has 178 valence electrons. The average Bonchev–Trinajstić information content (AvgIpc) is 3.06. The van der Waals surface area contributed by atoms with Crippen molar-refractivity contribution in [2.24, 2.45) is 5.92 Å². The van der Waals surface area contributed by atoms with Gasteiger partial charge in [0.25, 0.3) is 5.91 Å². The number of nitrogens with zero attached hydrogens (tertiary/aromatic N) is 1. The van der Waals surface area contributed by atoms with Gasteiger partial charge in [0, 0.05) is 37.3 Å². The number of carbonyl (C=O) groups excluding carboxylic acids is 3. The van der Waals surface area contributed by atoms with Crippen molar-refractivity contribution in [3.05, 3.63) is 58.2 Å². The number of ether oxygens (including phenoxy) is 1. The van der Waals surface area contributed by atoms with Gasteiger partial charge in [0.15, 0.2) is 0 Å². The summed E-state index contributed by atoms with van der Waals surface area (Å²) in [6.07, 6.45) is 1.52. The fraction of sp³-hybridized carbons (Fsp3) is 0.480. The lowest BCUT2D eigenvalue weighted by atomic mass is 9.93. The van der Waals surface area contributed by atoms with Crippen LogP contribution in [-0.4, -0.2) is 46.9 Å². The number of hydrogen-bond acceptors (Lipinski definition) is 4. The predicted molar refractivity (Wildman–Crippen MR) is 122 cm³/mol. The van der Waals surface area contributed by atoms with E-state index in [0.29, 0.717) is 60.4 Å². The quantitative estimate of drug-likeness (QED) is 0.617. The highest BCUT2D eigenvalue weighted by molar-refractivity contribution is 6.00. The Morgan fingerprint density at radius 3 is 2.48 bits per heavy atom. The van der Waals surface area contributed by atoms with Crippen molar-refractivity contribution < 1.29 is 23.5 Å². The van der Waals surface area contributed by atoms with Gasteiger partial charge in [-0.05, 0) is 58.1 Å². The van der Waals surface area contributed by atoms with Crippen LogP contribution in [0.15, 0.2) is 24.3 Å². The minimum absolute atomic E-state index is 0.118. The Labute approximate surface area is 193 Å². The summed E-state index contributed by atoms with van der Waals surface area (Å²) in [5.74, 6) is -0.873. The number of nitrogens with one attached hydrogen (secondary N) is 2. The number of rotatable bonds is 7. The molecule has 1 aromatic carbocycles. The third-order valence-corrected chi connectivity index (χ3v) is 6.01. The monoisotopic (exact) mass is 457 g/mol. The molecule has 1 aliphatic rings. The summed E-state index contributed by atoms with van der Waals surface area (Å²) in [4.78, 5) is 42.6. The first-order valence-electron chi connectivity index (χ1n) is 11.4. The van der Waals surface area contributed by atoms with Gasteiger partial charge in [-0.1, -0.05) is 18.2 Å². The molecule has 8 heteroatoms. The number of likely N-dealkylation sites (tertiary alicyclic amines) is 1. The smallest absolute Gasteiger partial charge is 0.340 e. The number of H-pyrrole nitrogens is 1. The number of aromatic amines is 1. The first-order valence-corrected chi connectivity index (χ1v) is 11.4. The summed E-state index contributed by atoms with van der Waals surface area (Å²) in [5.41, 5.74) is 2.48. The summed E-state index contributed by atoms with van der Waals surface area (Å²) < 4.78 is 19.0. The fourth-order valence-corrected chi connectivity index (χ4v) is 4.21. The van der Waals surface area contributed by atoms with Gasteiger partial charge in [-0.25, -0.2) is 9.18 Å². The highest BCUT2D eigenvalue weighted by atomic mass is 19.1. The number of piperidine rings is 1. The maximum absolute atomic E-state index is 13.7. The summed E-state index contributed by atoms with van der Waals surface area (Å²) in [5, 5.41) is 2.78. The number of halogens is 1. The summed E-state index contributed by atoms with van der Waals surface area (Å²) in [7, 11) is 0. The number of amides is 2. The molecule has 1 fully saturated rings. The molecule has 0 bridgehead atoms. The zero-order valence-electron chi connectivity index (χ0n) is 19.7. The van der Waals surface area contributed by atoms with Crippen LogP contribution in [0.5, 0.6) is 0 Å². The van der Waals surface area contributed by atoms with Crippen LogP contribution < -0.4 is 5.32 Å². The molecule has 0 saturated carbocycles. The van der Waals surface area contributed by atoms with Gasteiger partial charge < -0.3 is 19.9 Å². The van der Waals surface area contributed by atoms with Crippen molar-refractivity contribution in [3.63, 3.8) is 0 Å². The highest BCUT2D eigenvalue weighted by Crippen LogP contribution is 2.25. The van der Waals surface area contributed by atoms with E-state index in [-0.39, 0.29) is 36.2 Å². The number of aromatic nitrogens is 1. The van der Waals surface area contributed by atoms with Crippen molar-refractivity contribution >= 4 is 17.8 Å². The molecule has 2 aromatic rings. The van der Waals surface area contributed by atoms with Gasteiger partial charge in [0.05, 0.1) is 11.7 Å². The van der Waals surface area contributed by atoms with Crippen molar-refractivity contribution in [1.29, 1.82) is 0 Å². The molecule has 2 amide bonds. The lowest BCUT2D eigenvalue weighted by Crippen LogP contribution is -2.40. The van der Waals surface area contributed by atoms with E-state index < -0.39 is 5.97 Å². The highest BCUT2D eigenvalue weighted by Gasteiger charge is 2.29. The van der Waals surface area contributed by atoms with Crippen LogP contribution >= 0.6 is 0 Å². The van der Waals surface area contributed by atoms with Gasteiger partial charge in [-0.15, -0.1) is 0 Å². The Morgan fingerprint density at radius 2 is 1.85 bits per heavy atom. The van der Waals surface area contributed by atoms with E-state index in [1.807, 2.05) is 0 Å². The summed E-state index contributed by atoms with van der Waals surface area (Å²) in [6.45, 7) is 8.31. The van der Waals surface area contributed by atoms with Crippen LogP contribution in [0.3, 0.4) is 0 Å². The number of aryl methyl sites for hydroxylation is 1. The first kappa shape index (κ1) is 24.5. The molecular formula is C25H32FN3O4. The van der Waals surface area contributed by atoms with Crippen LogP contribution in [0.25, 0.3) is 0 Å². The molecule has 3 rings (SSSR count). The third-order valence-electron chi connectivity index (χ3n) is 6.01. The molecule has 0 aliphatic carbocycles. The van der Waals surface area contributed by atoms with Gasteiger partial charge >= 0.3 is 5.97 Å². The largest absolute Gasteiger partial charge is 0.459 e. The lowest BCUT2D eigenvalue weighted by Gasteiger charge is -2.31. The van der Waals surface area contributed by atoms with Gasteiger partial charge in [0.2, 0.25) is 5.91 Å². The second-order valence-electron chi connectivity index (χ2n) is 8.89. The molecule has 1 aliphatic heterocycles. The Balaban J connectivity index is 1.52. The van der Waals surface area contributed by atoms with E-state index in [1.54, 1.807) is 50.8 Å². The molecular weight excluding hydrogens is 425 g/mol. The molecule has 2 N–H and O–H groups in total. The van der Waals surface area contributed by atoms with E-state index in [9.17, 15) is 18.8 Å². The van der Waals surface area contributed by atoms with E-state index in [2.05, 4.69) is 10.3 Å². The number of esters is 1. The van der Waals surface area contributed by atoms with Gasteiger partial charge in [-0.2, -0.15) is 0 Å². The van der Waals surface area contributed by atoms with Gasteiger partial charge in [-0.3, -0.25) is 9.59 Å². The number of carbonyl (C=O) groups is 3. The molecule has 0 spiro atoms. The van der Waals surface area contributed by atoms with Crippen LogP contribution in [0.2, 0.25) is 0 Å². The third kappa shape index (κ3) is 6.00. The average molecular weight is 458 g/mol. The summed E-state index contributed by atoms with van der Waals surface area (Å²) >= 11 is 0. The maximum atomic E-state index is 13.7. The molecule has 0 unspecified atom stereocenters. The molecule has 2 heterocycles. The minimum atomic E-state index is -0.435. The lowest BCUT2D eigenvalue weighted by molar-refractivity contribution is -0.122. The first-order chi connectivity index (χ1) is 15.7. The van der Waals surface area contributed by atoms with E-state index in [1.165, 1.54) is 6.07 Å². The van der Waals surface area contributed by atoms with Crippen molar-refractivity contribution in [1.82, 2.24) is 15.2 Å². The predicted octanol–water partition coefficient (Wildman–Crippen LogP) is 3.89. The normalized spacial score (nSPS) is 14.4. The second-order valence-corrected chi connectivity index (χ2v) is 8.89. The van der Waals surface area contributed by atoms with Crippen LogP contribution in [-0.2, 0) is 16.1 Å². The Morgan fingerprint density at radius 1 is 1.18 bits per heavy atom. The Bertz CT molecular complexity index is 1020. The fourth-order valence-electron chi connectivity index (χ4n) is 4.21. The Kier molecular flexibility index (Phi) is 7.89.